The number of hydrogen-bond acceptors (Lipinski definition) is 4. The second-order valence-electron chi connectivity index (χ2n) is 9.07. The number of ether oxygens (including phenoxy) is 1. The first kappa shape index (κ1) is 24.3. The van der Waals surface area contributed by atoms with Crippen LogP contribution in [-0.4, -0.2) is 34.5 Å². The van der Waals surface area contributed by atoms with Gasteiger partial charge < -0.3 is 20.5 Å². The van der Waals surface area contributed by atoms with Gasteiger partial charge in [0.25, 0.3) is 0 Å². The predicted molar refractivity (Wildman–Crippen MR) is 136 cm³/mol. The SMILES string of the molecule is CCC1=C(Cc2ccccc2-c2ccccc2)N2C=CC=C(OCC(=O)O)C(C1CC(N)=O)C2C. The molecule has 0 radical (unpaired) electrons. The number of fused-ring (bicyclic) bond motifs is 2. The van der Waals surface area contributed by atoms with E-state index in [4.69, 9.17) is 10.5 Å². The molecule has 0 saturated heterocycles. The van der Waals surface area contributed by atoms with Crippen LogP contribution in [0.2, 0.25) is 0 Å². The lowest BCUT2D eigenvalue weighted by atomic mass is 9.72. The zero-order valence-electron chi connectivity index (χ0n) is 20.2. The van der Waals surface area contributed by atoms with E-state index in [1.54, 1.807) is 0 Å². The van der Waals surface area contributed by atoms with Gasteiger partial charge in [-0.25, -0.2) is 4.79 Å². The Hall–Kier alpha value is -3.80. The largest absolute Gasteiger partial charge is 0.486 e. The van der Waals surface area contributed by atoms with Crippen LogP contribution in [0.1, 0.15) is 32.3 Å². The molecule has 2 aromatic carbocycles. The quantitative estimate of drug-likeness (QED) is 0.542. The predicted octanol–water partition coefficient (Wildman–Crippen LogP) is 4.88. The second-order valence-corrected chi connectivity index (χ2v) is 9.07. The van der Waals surface area contributed by atoms with Crippen molar-refractivity contribution in [1.82, 2.24) is 4.90 Å². The minimum Gasteiger partial charge on any atom is -0.486 e. The molecule has 6 nitrogen and oxygen atoms in total. The van der Waals surface area contributed by atoms with E-state index in [9.17, 15) is 14.7 Å². The van der Waals surface area contributed by atoms with Gasteiger partial charge in [-0.05, 0) is 47.8 Å². The second kappa shape index (κ2) is 10.6. The molecule has 2 bridgehead atoms. The average Bonchev–Trinajstić information content (AvgIpc) is 2.96. The Morgan fingerprint density at radius 1 is 1.09 bits per heavy atom. The lowest BCUT2D eigenvalue weighted by molar-refractivity contribution is -0.141. The van der Waals surface area contributed by atoms with Gasteiger partial charge in [-0.15, -0.1) is 0 Å². The summed E-state index contributed by atoms with van der Waals surface area (Å²) < 4.78 is 5.72. The molecule has 2 aromatic rings. The van der Waals surface area contributed by atoms with Crippen molar-refractivity contribution in [1.29, 1.82) is 0 Å². The summed E-state index contributed by atoms with van der Waals surface area (Å²) in [5, 5.41) is 9.18. The van der Waals surface area contributed by atoms with Gasteiger partial charge in [0.05, 0.1) is 0 Å². The fourth-order valence-electron chi connectivity index (χ4n) is 5.54. The third-order valence-corrected chi connectivity index (χ3v) is 6.98. The lowest BCUT2D eigenvalue weighted by Crippen LogP contribution is -2.46. The number of carbonyl (C=O) groups excluding carboxylic acids is 1. The minimum atomic E-state index is -1.03. The van der Waals surface area contributed by atoms with Crippen molar-refractivity contribution in [3.05, 3.63) is 95.5 Å². The average molecular weight is 473 g/mol. The van der Waals surface area contributed by atoms with Crippen molar-refractivity contribution in [2.75, 3.05) is 6.61 Å². The van der Waals surface area contributed by atoms with Gasteiger partial charge in [-0.3, -0.25) is 4.79 Å². The molecule has 3 atom stereocenters. The van der Waals surface area contributed by atoms with Crippen molar-refractivity contribution in [3.8, 4) is 11.1 Å². The summed E-state index contributed by atoms with van der Waals surface area (Å²) in [5.41, 5.74) is 11.6. The smallest absolute Gasteiger partial charge is 0.341 e. The van der Waals surface area contributed by atoms with Gasteiger partial charge in [0.15, 0.2) is 6.61 Å². The third kappa shape index (κ3) is 5.16. The highest BCUT2D eigenvalue weighted by Crippen LogP contribution is 2.46. The molecule has 0 saturated carbocycles. The molecule has 182 valence electrons. The Balaban J connectivity index is 1.80. The number of carboxylic acid groups (broad SMARTS) is 1. The maximum Gasteiger partial charge on any atom is 0.341 e. The first-order valence-corrected chi connectivity index (χ1v) is 12.1. The number of carboxylic acids is 1. The van der Waals surface area contributed by atoms with Crippen LogP contribution in [0.5, 0.6) is 0 Å². The highest BCUT2D eigenvalue weighted by atomic mass is 16.5. The van der Waals surface area contributed by atoms with E-state index in [-0.39, 0.29) is 30.2 Å². The summed E-state index contributed by atoms with van der Waals surface area (Å²) in [6.07, 6.45) is 7.40. The molecule has 1 amide bonds. The van der Waals surface area contributed by atoms with Gasteiger partial charge in [0.1, 0.15) is 5.76 Å². The van der Waals surface area contributed by atoms with Crippen molar-refractivity contribution in [2.24, 2.45) is 17.6 Å². The molecular formula is C29H32N2O4. The number of primary amides is 1. The topological polar surface area (TPSA) is 92.9 Å². The first-order chi connectivity index (χ1) is 16.9. The summed E-state index contributed by atoms with van der Waals surface area (Å²) >= 11 is 0. The van der Waals surface area contributed by atoms with Gasteiger partial charge in [0, 0.05) is 42.6 Å². The number of amides is 1. The van der Waals surface area contributed by atoms with Gasteiger partial charge in [0.2, 0.25) is 5.91 Å². The van der Waals surface area contributed by atoms with E-state index in [1.807, 2.05) is 36.6 Å². The van der Waals surface area contributed by atoms with E-state index in [0.717, 1.165) is 23.3 Å². The fraction of sp³-hybridized carbons (Fsp3) is 0.310. The molecule has 35 heavy (non-hydrogen) atoms. The Kier molecular flexibility index (Phi) is 7.39. The maximum absolute atomic E-state index is 12.2. The Labute approximate surface area is 206 Å². The van der Waals surface area contributed by atoms with Crippen LogP contribution < -0.4 is 5.73 Å². The highest BCUT2D eigenvalue weighted by Gasteiger charge is 2.43. The van der Waals surface area contributed by atoms with E-state index in [1.165, 1.54) is 11.1 Å². The molecule has 3 N–H and O–H groups in total. The van der Waals surface area contributed by atoms with Crippen LogP contribution in [-0.2, 0) is 20.7 Å². The molecule has 0 fully saturated rings. The van der Waals surface area contributed by atoms with Gasteiger partial charge in [-0.2, -0.15) is 0 Å². The number of aliphatic carboxylic acids is 1. The van der Waals surface area contributed by atoms with Crippen molar-refractivity contribution >= 4 is 11.9 Å². The van der Waals surface area contributed by atoms with Crippen LogP contribution in [0.4, 0.5) is 0 Å². The van der Waals surface area contributed by atoms with Crippen LogP contribution in [0.25, 0.3) is 11.1 Å². The summed E-state index contributed by atoms with van der Waals surface area (Å²) in [4.78, 5) is 25.6. The van der Waals surface area contributed by atoms with Crippen LogP contribution in [0.3, 0.4) is 0 Å². The van der Waals surface area contributed by atoms with E-state index >= 15 is 0 Å². The minimum absolute atomic E-state index is 0.0349. The Morgan fingerprint density at radius 3 is 2.49 bits per heavy atom. The van der Waals surface area contributed by atoms with E-state index in [2.05, 4.69) is 55.1 Å². The van der Waals surface area contributed by atoms with Crippen LogP contribution >= 0.6 is 0 Å². The number of carbonyl (C=O) groups is 2. The van der Waals surface area contributed by atoms with Gasteiger partial charge in [-0.1, -0.05) is 61.5 Å². The van der Waals surface area contributed by atoms with Crippen molar-refractivity contribution in [2.45, 2.75) is 39.2 Å². The molecule has 4 rings (SSSR count). The number of rotatable bonds is 9. The highest BCUT2D eigenvalue weighted by molar-refractivity contribution is 5.75. The molecule has 2 heterocycles. The molecular weight excluding hydrogens is 440 g/mol. The van der Waals surface area contributed by atoms with Crippen LogP contribution in [0, 0.1) is 11.8 Å². The third-order valence-electron chi connectivity index (χ3n) is 6.98. The van der Waals surface area contributed by atoms with E-state index < -0.39 is 12.6 Å². The maximum atomic E-state index is 12.2. The molecule has 6 heteroatoms. The number of nitrogens with zero attached hydrogens (tertiary/aromatic N) is 1. The van der Waals surface area contributed by atoms with Crippen LogP contribution in [0.15, 0.2) is 90.0 Å². The molecule has 2 aliphatic heterocycles. The summed E-state index contributed by atoms with van der Waals surface area (Å²) in [5.74, 6) is -1.17. The van der Waals surface area contributed by atoms with Crippen molar-refractivity contribution < 1.29 is 19.4 Å². The van der Waals surface area contributed by atoms with Gasteiger partial charge >= 0.3 is 5.97 Å². The molecule has 0 spiro atoms. The molecule has 0 aliphatic carbocycles. The zero-order valence-corrected chi connectivity index (χ0v) is 20.2. The normalized spacial score (nSPS) is 21.4. The summed E-state index contributed by atoms with van der Waals surface area (Å²) in [6.45, 7) is 3.78. The van der Waals surface area contributed by atoms with E-state index in [0.29, 0.717) is 12.2 Å². The molecule has 3 unspecified atom stereocenters. The standard InChI is InChI=1S/C29H32N2O4/c1-3-22-24(17-27(30)32)29-19(2)31(15-9-14-26(29)35-18-28(33)34)25(22)16-21-12-7-8-13-23(21)20-10-5-4-6-11-20/h4-15,19,24,29H,3,16-18H2,1-2H3,(H2,30,32)(H,33,34). The molecule has 2 aliphatic rings. The number of nitrogens with two attached hydrogens (primary N) is 1. The first-order valence-electron chi connectivity index (χ1n) is 12.1. The molecule has 0 aromatic heterocycles. The summed E-state index contributed by atoms with van der Waals surface area (Å²) in [6, 6.07) is 18.7. The Morgan fingerprint density at radius 2 is 1.80 bits per heavy atom. The number of hydrogen-bond donors (Lipinski definition) is 2. The Bertz CT molecular complexity index is 1180. The lowest BCUT2D eigenvalue weighted by Gasteiger charge is -2.46. The van der Waals surface area contributed by atoms with Crippen molar-refractivity contribution in [3.63, 3.8) is 0 Å². The fourth-order valence-corrected chi connectivity index (χ4v) is 5.54. The number of benzene rings is 2. The number of allylic oxidation sites excluding steroid dienone is 4. The monoisotopic (exact) mass is 472 g/mol. The zero-order chi connectivity index (χ0) is 24.9. The summed E-state index contributed by atoms with van der Waals surface area (Å²) in [7, 11) is 0.